The molecule has 0 aliphatic carbocycles. The number of halogens is 1. The zero-order chi connectivity index (χ0) is 13.3. The smallest absolute Gasteiger partial charge is 0.243 e. The second-order valence-electron chi connectivity index (χ2n) is 4.13. The lowest BCUT2D eigenvalue weighted by Gasteiger charge is -2.23. The van der Waals surface area contributed by atoms with Gasteiger partial charge in [-0.25, -0.2) is 12.8 Å². The van der Waals surface area contributed by atoms with Crippen LogP contribution in [0.3, 0.4) is 0 Å². The normalized spacial score (nSPS) is 21.1. The molecule has 0 amide bonds. The van der Waals surface area contributed by atoms with Gasteiger partial charge in [0, 0.05) is 6.54 Å². The van der Waals surface area contributed by atoms with Crippen molar-refractivity contribution in [2.75, 3.05) is 6.54 Å². The highest BCUT2D eigenvalue weighted by Gasteiger charge is 2.36. The Morgan fingerprint density at radius 3 is 2.56 bits per heavy atom. The SMILES string of the molecule is NC(=S)C1CCCN1S(=O)(=O)c1ccc(F)cc1. The molecule has 0 spiro atoms. The van der Waals surface area contributed by atoms with Gasteiger partial charge in [-0.15, -0.1) is 0 Å². The Balaban J connectivity index is 2.36. The van der Waals surface area contributed by atoms with Gasteiger partial charge in [0.1, 0.15) is 5.82 Å². The Labute approximate surface area is 111 Å². The molecule has 1 aliphatic rings. The lowest BCUT2D eigenvalue weighted by molar-refractivity contribution is 0.446. The van der Waals surface area contributed by atoms with E-state index in [0.717, 1.165) is 18.6 Å². The maximum absolute atomic E-state index is 12.8. The van der Waals surface area contributed by atoms with Gasteiger partial charge in [0.25, 0.3) is 0 Å². The fourth-order valence-corrected chi connectivity index (χ4v) is 4.04. The number of nitrogens with zero attached hydrogens (tertiary/aromatic N) is 1. The zero-order valence-corrected chi connectivity index (χ0v) is 11.2. The standard InChI is InChI=1S/C11H13FN2O2S2/c12-8-3-5-9(6-4-8)18(15,16)14-7-1-2-10(14)11(13)17/h3-6,10H,1-2,7H2,(H2,13,17). The van der Waals surface area contributed by atoms with Crippen LogP contribution in [0.5, 0.6) is 0 Å². The molecule has 2 N–H and O–H groups in total. The molecule has 1 unspecified atom stereocenters. The van der Waals surface area contributed by atoms with Crippen molar-refractivity contribution in [2.24, 2.45) is 5.73 Å². The first-order valence-corrected chi connectivity index (χ1v) is 7.34. The molecule has 1 atom stereocenters. The topological polar surface area (TPSA) is 63.4 Å². The molecule has 0 bridgehead atoms. The molecule has 1 aromatic rings. The highest BCUT2D eigenvalue weighted by molar-refractivity contribution is 7.89. The Kier molecular flexibility index (Phi) is 3.65. The number of hydrogen-bond acceptors (Lipinski definition) is 3. The maximum Gasteiger partial charge on any atom is 0.243 e. The van der Waals surface area contributed by atoms with Gasteiger partial charge in [-0.3, -0.25) is 0 Å². The van der Waals surface area contributed by atoms with Crippen LogP contribution < -0.4 is 5.73 Å². The summed E-state index contributed by atoms with van der Waals surface area (Å²) in [7, 11) is -3.65. The van der Waals surface area contributed by atoms with E-state index in [9.17, 15) is 12.8 Å². The average Bonchev–Trinajstić information content (AvgIpc) is 2.79. The van der Waals surface area contributed by atoms with Crippen LogP contribution in [0.4, 0.5) is 4.39 Å². The quantitative estimate of drug-likeness (QED) is 0.851. The first-order valence-electron chi connectivity index (χ1n) is 5.49. The van der Waals surface area contributed by atoms with Crippen LogP contribution in [0, 0.1) is 5.82 Å². The van der Waals surface area contributed by atoms with Crippen molar-refractivity contribution in [2.45, 2.75) is 23.8 Å². The molecule has 0 saturated carbocycles. The summed E-state index contributed by atoms with van der Waals surface area (Å²) in [5, 5.41) is 0. The fraction of sp³-hybridized carbons (Fsp3) is 0.364. The van der Waals surface area contributed by atoms with Crippen molar-refractivity contribution < 1.29 is 12.8 Å². The van der Waals surface area contributed by atoms with Crippen molar-refractivity contribution in [3.8, 4) is 0 Å². The highest BCUT2D eigenvalue weighted by Crippen LogP contribution is 2.26. The average molecular weight is 288 g/mol. The van der Waals surface area contributed by atoms with Gasteiger partial charge in [-0.05, 0) is 37.1 Å². The van der Waals surface area contributed by atoms with E-state index in [2.05, 4.69) is 0 Å². The molecule has 4 nitrogen and oxygen atoms in total. The minimum atomic E-state index is -3.65. The van der Waals surface area contributed by atoms with Gasteiger partial charge in [-0.1, -0.05) is 12.2 Å². The first-order chi connectivity index (χ1) is 8.43. The molecule has 1 aromatic carbocycles. The van der Waals surface area contributed by atoms with Crippen molar-refractivity contribution in [1.82, 2.24) is 4.31 Å². The summed E-state index contributed by atoms with van der Waals surface area (Å²) in [6.07, 6.45) is 1.36. The summed E-state index contributed by atoms with van der Waals surface area (Å²) in [5.41, 5.74) is 5.55. The van der Waals surface area contributed by atoms with E-state index in [1.165, 1.54) is 16.4 Å². The van der Waals surface area contributed by atoms with Gasteiger partial charge < -0.3 is 5.73 Å². The van der Waals surface area contributed by atoms with Gasteiger partial charge in [-0.2, -0.15) is 4.31 Å². The van der Waals surface area contributed by atoms with Gasteiger partial charge in [0.2, 0.25) is 10.0 Å². The first kappa shape index (κ1) is 13.4. The molecule has 0 aromatic heterocycles. The van der Waals surface area contributed by atoms with Crippen LogP contribution in [-0.2, 0) is 10.0 Å². The van der Waals surface area contributed by atoms with Crippen molar-refractivity contribution in [3.63, 3.8) is 0 Å². The second-order valence-corrected chi connectivity index (χ2v) is 6.49. The minimum absolute atomic E-state index is 0.0621. The van der Waals surface area contributed by atoms with E-state index in [1.807, 2.05) is 0 Å². The third kappa shape index (κ3) is 2.38. The second kappa shape index (κ2) is 4.91. The molecular formula is C11H13FN2O2S2. The summed E-state index contributed by atoms with van der Waals surface area (Å²) >= 11 is 4.88. The fourth-order valence-electron chi connectivity index (χ4n) is 2.05. The van der Waals surface area contributed by atoms with Crippen LogP contribution in [0.2, 0.25) is 0 Å². The Bertz CT molecular complexity index is 557. The summed E-state index contributed by atoms with van der Waals surface area (Å²) in [6, 6.07) is 4.31. The van der Waals surface area contributed by atoms with Crippen LogP contribution in [-0.4, -0.2) is 30.3 Å². The van der Waals surface area contributed by atoms with Crippen LogP contribution in [0.15, 0.2) is 29.2 Å². The molecule has 98 valence electrons. The zero-order valence-electron chi connectivity index (χ0n) is 9.54. The third-order valence-electron chi connectivity index (χ3n) is 2.95. The summed E-state index contributed by atoms with van der Waals surface area (Å²) < 4.78 is 38.8. The molecule has 1 saturated heterocycles. The predicted octanol–water partition coefficient (Wildman–Crippen LogP) is 1.26. The van der Waals surface area contributed by atoms with Gasteiger partial charge in [0.15, 0.2) is 0 Å². The van der Waals surface area contributed by atoms with Gasteiger partial charge in [0.05, 0.1) is 15.9 Å². The summed E-state index contributed by atoms with van der Waals surface area (Å²) in [6.45, 7) is 0.391. The van der Waals surface area contributed by atoms with Crippen LogP contribution in [0.25, 0.3) is 0 Å². The molecule has 18 heavy (non-hydrogen) atoms. The molecular weight excluding hydrogens is 275 g/mol. The minimum Gasteiger partial charge on any atom is -0.392 e. The number of hydrogen-bond donors (Lipinski definition) is 1. The van der Waals surface area contributed by atoms with Gasteiger partial charge >= 0.3 is 0 Å². The van der Waals surface area contributed by atoms with Crippen molar-refractivity contribution in [1.29, 1.82) is 0 Å². The molecule has 1 aliphatic heterocycles. The summed E-state index contributed by atoms with van der Waals surface area (Å²) in [4.78, 5) is 0.241. The number of sulfonamides is 1. The Hall–Kier alpha value is -1.05. The van der Waals surface area contributed by atoms with E-state index in [4.69, 9.17) is 18.0 Å². The molecule has 1 heterocycles. The number of nitrogens with two attached hydrogens (primary N) is 1. The predicted molar refractivity (Wildman–Crippen MR) is 70.1 cm³/mol. The lowest BCUT2D eigenvalue weighted by Crippen LogP contribution is -2.42. The Morgan fingerprint density at radius 1 is 1.39 bits per heavy atom. The monoisotopic (exact) mass is 288 g/mol. The molecule has 2 rings (SSSR count). The van der Waals surface area contributed by atoms with Crippen molar-refractivity contribution >= 4 is 27.2 Å². The van der Waals surface area contributed by atoms with E-state index in [-0.39, 0.29) is 9.88 Å². The van der Waals surface area contributed by atoms with Crippen LogP contribution >= 0.6 is 12.2 Å². The third-order valence-corrected chi connectivity index (χ3v) is 5.15. The molecule has 1 fully saturated rings. The number of rotatable bonds is 3. The summed E-state index contributed by atoms with van der Waals surface area (Å²) in [5.74, 6) is -0.471. The van der Waals surface area contributed by atoms with E-state index >= 15 is 0 Å². The lowest BCUT2D eigenvalue weighted by atomic mass is 10.2. The van der Waals surface area contributed by atoms with Crippen molar-refractivity contribution in [3.05, 3.63) is 30.1 Å². The molecule has 7 heteroatoms. The molecule has 0 radical (unpaired) electrons. The maximum atomic E-state index is 12.8. The van der Waals surface area contributed by atoms with E-state index in [1.54, 1.807) is 0 Å². The van der Waals surface area contributed by atoms with Crippen LogP contribution in [0.1, 0.15) is 12.8 Å². The number of thiocarbonyl (C=S) groups is 1. The largest absolute Gasteiger partial charge is 0.392 e. The number of benzene rings is 1. The van der Waals surface area contributed by atoms with E-state index < -0.39 is 21.9 Å². The van der Waals surface area contributed by atoms with E-state index in [0.29, 0.717) is 13.0 Å². The highest BCUT2D eigenvalue weighted by atomic mass is 32.2. The Morgan fingerprint density at radius 2 is 2.00 bits per heavy atom.